The summed E-state index contributed by atoms with van der Waals surface area (Å²) in [5, 5.41) is 8.84. The Morgan fingerprint density at radius 1 is 0.714 bits per heavy atom. The van der Waals surface area contributed by atoms with Gasteiger partial charge >= 0.3 is 0 Å². The number of nitrogens with zero attached hydrogens (tertiary/aromatic N) is 1. The van der Waals surface area contributed by atoms with Crippen LogP contribution in [0.25, 0.3) is 0 Å². The van der Waals surface area contributed by atoms with Crippen molar-refractivity contribution < 1.29 is 0 Å². The molecule has 1 heteroatoms. The van der Waals surface area contributed by atoms with Crippen molar-refractivity contribution in [3.8, 4) is 6.07 Å². The number of hydrogen-bond donors (Lipinski definition) is 0. The Morgan fingerprint density at radius 2 is 1.29 bits per heavy atom. The molecule has 0 N–H and O–H groups in total. The van der Waals surface area contributed by atoms with Crippen LogP contribution in [-0.4, -0.2) is 0 Å². The molecule has 0 spiro atoms. The smallest absolute Gasteiger partial charge is 0.0655 e. The van der Waals surface area contributed by atoms with Gasteiger partial charge in [0.15, 0.2) is 0 Å². The highest BCUT2D eigenvalue weighted by atomic mass is 14.4. The maximum Gasteiger partial charge on any atom is 0.0655 e. The zero-order valence-corrected chi connectivity index (χ0v) is 9.04. The van der Waals surface area contributed by atoms with E-state index in [-0.39, 0.29) is 0 Å². The van der Waals surface area contributed by atoms with Crippen molar-refractivity contribution in [3.63, 3.8) is 0 Å². The van der Waals surface area contributed by atoms with Crippen LogP contribution in [-0.2, 0) is 0 Å². The average Bonchev–Trinajstić information content (AvgIpc) is 2.30. The van der Waals surface area contributed by atoms with E-state index >= 15 is 0 Å². The summed E-state index contributed by atoms with van der Waals surface area (Å²) in [4.78, 5) is 0. The molecule has 0 aromatic rings. The first-order valence-electron chi connectivity index (χ1n) is 6.30. The van der Waals surface area contributed by atoms with Crippen molar-refractivity contribution >= 4 is 0 Å². The summed E-state index contributed by atoms with van der Waals surface area (Å²) < 4.78 is 0. The van der Waals surface area contributed by atoms with Crippen LogP contribution in [0.5, 0.6) is 0 Å². The SMILES string of the molecule is N#CC1CCC(C2CCCCC2)CC1. The van der Waals surface area contributed by atoms with E-state index in [1.54, 1.807) is 0 Å². The quantitative estimate of drug-likeness (QED) is 0.616. The molecule has 0 unspecified atom stereocenters. The highest BCUT2D eigenvalue weighted by molar-refractivity contribution is 4.89. The lowest BCUT2D eigenvalue weighted by Crippen LogP contribution is -2.23. The zero-order chi connectivity index (χ0) is 9.80. The third-order valence-electron chi connectivity index (χ3n) is 4.27. The topological polar surface area (TPSA) is 23.8 Å². The fourth-order valence-electron chi connectivity index (χ4n) is 3.33. The molecule has 0 atom stereocenters. The van der Waals surface area contributed by atoms with Crippen molar-refractivity contribution in [2.45, 2.75) is 57.8 Å². The third kappa shape index (κ3) is 2.29. The van der Waals surface area contributed by atoms with Crippen LogP contribution in [0.1, 0.15) is 57.8 Å². The highest BCUT2D eigenvalue weighted by Crippen LogP contribution is 2.39. The molecule has 0 aliphatic heterocycles. The number of hydrogen-bond acceptors (Lipinski definition) is 1. The minimum absolute atomic E-state index is 0.384. The first-order valence-corrected chi connectivity index (χ1v) is 6.30. The van der Waals surface area contributed by atoms with Gasteiger partial charge < -0.3 is 0 Å². The summed E-state index contributed by atoms with van der Waals surface area (Å²) in [5.41, 5.74) is 0. The van der Waals surface area contributed by atoms with Gasteiger partial charge in [-0.3, -0.25) is 0 Å². The molecule has 0 amide bonds. The summed E-state index contributed by atoms with van der Waals surface area (Å²) in [7, 11) is 0. The molecular formula is C13H21N. The summed E-state index contributed by atoms with van der Waals surface area (Å²) in [6.45, 7) is 0. The molecule has 2 fully saturated rings. The third-order valence-corrected chi connectivity index (χ3v) is 4.27. The van der Waals surface area contributed by atoms with Gasteiger partial charge in [-0.25, -0.2) is 0 Å². The summed E-state index contributed by atoms with van der Waals surface area (Å²) in [6.07, 6.45) is 12.4. The Kier molecular flexibility index (Phi) is 3.45. The van der Waals surface area contributed by atoms with Gasteiger partial charge in [0.1, 0.15) is 0 Å². The standard InChI is InChI=1S/C13H21N/c14-10-11-6-8-13(9-7-11)12-4-2-1-3-5-12/h11-13H,1-9H2. The molecule has 0 saturated heterocycles. The summed E-state index contributed by atoms with van der Waals surface area (Å²) >= 11 is 0. The highest BCUT2D eigenvalue weighted by Gasteiger charge is 2.28. The lowest BCUT2D eigenvalue weighted by Gasteiger charge is -2.34. The van der Waals surface area contributed by atoms with Crippen molar-refractivity contribution in [1.29, 1.82) is 5.26 Å². The Balaban J connectivity index is 1.79. The molecule has 2 aliphatic carbocycles. The van der Waals surface area contributed by atoms with E-state index in [9.17, 15) is 0 Å². The van der Waals surface area contributed by atoms with Gasteiger partial charge in [0.25, 0.3) is 0 Å². The molecule has 0 radical (unpaired) electrons. The number of rotatable bonds is 1. The zero-order valence-electron chi connectivity index (χ0n) is 9.04. The van der Waals surface area contributed by atoms with Gasteiger partial charge in [0.2, 0.25) is 0 Å². The molecule has 14 heavy (non-hydrogen) atoms. The van der Waals surface area contributed by atoms with E-state index in [0.717, 1.165) is 11.8 Å². The van der Waals surface area contributed by atoms with Gasteiger partial charge in [0, 0.05) is 5.92 Å². The van der Waals surface area contributed by atoms with Crippen LogP contribution in [0, 0.1) is 29.1 Å². The van der Waals surface area contributed by atoms with Crippen molar-refractivity contribution in [3.05, 3.63) is 0 Å². The first kappa shape index (κ1) is 10.0. The van der Waals surface area contributed by atoms with Crippen LogP contribution in [0.2, 0.25) is 0 Å². The molecular weight excluding hydrogens is 170 g/mol. The molecule has 0 aromatic carbocycles. The normalized spacial score (nSPS) is 35.1. The van der Waals surface area contributed by atoms with Crippen LogP contribution in [0.3, 0.4) is 0 Å². The molecule has 0 aromatic heterocycles. The van der Waals surface area contributed by atoms with Crippen molar-refractivity contribution in [2.75, 3.05) is 0 Å². The van der Waals surface area contributed by atoms with E-state index in [4.69, 9.17) is 5.26 Å². The second-order valence-corrected chi connectivity index (χ2v) is 5.14. The molecule has 0 bridgehead atoms. The maximum absolute atomic E-state index is 8.84. The van der Waals surface area contributed by atoms with Crippen LogP contribution < -0.4 is 0 Å². The Bertz CT molecular complexity index is 202. The van der Waals surface area contributed by atoms with Gasteiger partial charge in [-0.05, 0) is 37.5 Å². The van der Waals surface area contributed by atoms with E-state index in [2.05, 4.69) is 6.07 Å². The lowest BCUT2D eigenvalue weighted by atomic mass is 9.71. The summed E-state index contributed by atoms with van der Waals surface area (Å²) in [6, 6.07) is 2.43. The Hall–Kier alpha value is -0.510. The van der Waals surface area contributed by atoms with Gasteiger partial charge in [0.05, 0.1) is 6.07 Å². The first-order chi connectivity index (χ1) is 6.90. The second kappa shape index (κ2) is 4.82. The minimum atomic E-state index is 0.384. The summed E-state index contributed by atoms with van der Waals surface area (Å²) in [5.74, 6) is 2.37. The minimum Gasteiger partial charge on any atom is -0.198 e. The molecule has 2 saturated carbocycles. The molecule has 78 valence electrons. The molecule has 2 rings (SSSR count). The second-order valence-electron chi connectivity index (χ2n) is 5.14. The number of nitriles is 1. The monoisotopic (exact) mass is 191 g/mol. The van der Waals surface area contributed by atoms with Crippen LogP contribution in [0.4, 0.5) is 0 Å². The predicted molar refractivity (Wildman–Crippen MR) is 57.6 cm³/mol. The van der Waals surface area contributed by atoms with Crippen molar-refractivity contribution in [2.24, 2.45) is 17.8 Å². The van der Waals surface area contributed by atoms with Gasteiger partial charge in [-0.1, -0.05) is 32.1 Å². The van der Waals surface area contributed by atoms with Crippen LogP contribution in [0.15, 0.2) is 0 Å². The maximum atomic E-state index is 8.84. The molecule has 2 aliphatic rings. The van der Waals surface area contributed by atoms with E-state index in [1.165, 1.54) is 57.8 Å². The van der Waals surface area contributed by atoms with Crippen molar-refractivity contribution in [1.82, 2.24) is 0 Å². The molecule has 1 nitrogen and oxygen atoms in total. The largest absolute Gasteiger partial charge is 0.198 e. The lowest BCUT2D eigenvalue weighted by molar-refractivity contribution is 0.181. The van der Waals surface area contributed by atoms with Gasteiger partial charge in [-0.2, -0.15) is 5.26 Å². The Labute approximate surface area is 87.5 Å². The van der Waals surface area contributed by atoms with E-state index in [0.29, 0.717) is 5.92 Å². The fraction of sp³-hybridized carbons (Fsp3) is 0.923. The molecule has 0 heterocycles. The van der Waals surface area contributed by atoms with Crippen LogP contribution >= 0.6 is 0 Å². The van der Waals surface area contributed by atoms with E-state index in [1.807, 2.05) is 0 Å². The predicted octanol–water partition coefficient (Wildman–Crippen LogP) is 3.90. The fourth-order valence-corrected chi connectivity index (χ4v) is 3.33. The Morgan fingerprint density at radius 3 is 1.86 bits per heavy atom. The van der Waals surface area contributed by atoms with E-state index < -0.39 is 0 Å². The average molecular weight is 191 g/mol. The van der Waals surface area contributed by atoms with Gasteiger partial charge in [-0.15, -0.1) is 0 Å².